The third-order valence-electron chi connectivity index (χ3n) is 3.18. The summed E-state index contributed by atoms with van der Waals surface area (Å²) in [6.07, 6.45) is 2.63. The van der Waals surface area contributed by atoms with Crippen molar-refractivity contribution in [2.24, 2.45) is 5.92 Å². The summed E-state index contributed by atoms with van der Waals surface area (Å²) in [4.78, 5) is 24.2. The second-order valence-electron chi connectivity index (χ2n) is 5.27. The standard InChI is InChI=1S/C12H21NO2/c1-12(2,3)13-7-4-10(5-8-13)11(15)6-9-14/h9-10H,4-8H2,1-3H3. The number of nitrogens with zero attached hydrogens (tertiary/aromatic N) is 1. The fourth-order valence-electron chi connectivity index (χ4n) is 2.12. The molecule has 0 aromatic carbocycles. The Morgan fingerprint density at radius 1 is 1.33 bits per heavy atom. The van der Waals surface area contributed by atoms with Gasteiger partial charge in [0.2, 0.25) is 0 Å². The van der Waals surface area contributed by atoms with Gasteiger partial charge in [-0.25, -0.2) is 0 Å². The van der Waals surface area contributed by atoms with Crippen molar-refractivity contribution in [2.75, 3.05) is 13.1 Å². The first kappa shape index (κ1) is 12.4. The number of ketones is 1. The van der Waals surface area contributed by atoms with E-state index in [-0.39, 0.29) is 23.7 Å². The minimum atomic E-state index is 0.0974. The van der Waals surface area contributed by atoms with Crippen molar-refractivity contribution in [2.45, 2.75) is 45.6 Å². The number of piperidine rings is 1. The number of hydrogen-bond donors (Lipinski definition) is 0. The van der Waals surface area contributed by atoms with E-state index in [0.29, 0.717) is 0 Å². The van der Waals surface area contributed by atoms with Crippen LogP contribution >= 0.6 is 0 Å². The zero-order chi connectivity index (χ0) is 11.5. The molecule has 0 aromatic heterocycles. The number of Topliss-reactive ketones (excluding diaryl/α,β-unsaturated/α-hetero) is 1. The Hall–Kier alpha value is -0.700. The summed E-state index contributed by atoms with van der Waals surface area (Å²) >= 11 is 0. The molecule has 1 fully saturated rings. The van der Waals surface area contributed by atoms with Crippen LogP contribution in [-0.4, -0.2) is 35.6 Å². The molecule has 1 aliphatic rings. The predicted molar refractivity (Wildman–Crippen MR) is 59.7 cm³/mol. The molecule has 0 aliphatic carbocycles. The lowest BCUT2D eigenvalue weighted by molar-refractivity contribution is -0.127. The fraction of sp³-hybridized carbons (Fsp3) is 0.833. The minimum absolute atomic E-state index is 0.0974. The van der Waals surface area contributed by atoms with Crippen molar-refractivity contribution in [3.63, 3.8) is 0 Å². The summed E-state index contributed by atoms with van der Waals surface area (Å²) in [7, 11) is 0. The molecule has 86 valence electrons. The van der Waals surface area contributed by atoms with Crippen LogP contribution in [0.15, 0.2) is 0 Å². The summed E-state index contributed by atoms with van der Waals surface area (Å²) in [5.74, 6) is 0.243. The highest BCUT2D eigenvalue weighted by atomic mass is 16.1. The van der Waals surface area contributed by atoms with Gasteiger partial charge in [0.15, 0.2) is 0 Å². The van der Waals surface area contributed by atoms with Crippen LogP contribution in [0.1, 0.15) is 40.0 Å². The lowest BCUT2D eigenvalue weighted by Crippen LogP contribution is -2.47. The van der Waals surface area contributed by atoms with Crippen LogP contribution in [-0.2, 0) is 9.59 Å². The van der Waals surface area contributed by atoms with Gasteiger partial charge in [-0.15, -0.1) is 0 Å². The van der Waals surface area contributed by atoms with Gasteiger partial charge in [-0.3, -0.25) is 9.69 Å². The first-order valence-electron chi connectivity index (χ1n) is 5.66. The maximum atomic E-state index is 11.5. The van der Waals surface area contributed by atoms with Crippen LogP contribution in [0.25, 0.3) is 0 Å². The molecular weight excluding hydrogens is 190 g/mol. The van der Waals surface area contributed by atoms with E-state index in [4.69, 9.17) is 0 Å². The minimum Gasteiger partial charge on any atom is -0.303 e. The first-order valence-corrected chi connectivity index (χ1v) is 5.66. The number of aldehydes is 1. The molecule has 1 rings (SSSR count). The van der Waals surface area contributed by atoms with Crippen molar-refractivity contribution in [1.82, 2.24) is 4.90 Å². The van der Waals surface area contributed by atoms with Gasteiger partial charge in [0.1, 0.15) is 12.1 Å². The van der Waals surface area contributed by atoms with E-state index < -0.39 is 0 Å². The molecule has 0 amide bonds. The first-order chi connectivity index (χ1) is 6.95. The summed E-state index contributed by atoms with van der Waals surface area (Å²) in [5, 5.41) is 0. The van der Waals surface area contributed by atoms with E-state index in [1.165, 1.54) is 0 Å². The van der Waals surface area contributed by atoms with Crippen molar-refractivity contribution in [3.8, 4) is 0 Å². The molecule has 0 bridgehead atoms. The van der Waals surface area contributed by atoms with E-state index in [9.17, 15) is 9.59 Å². The zero-order valence-electron chi connectivity index (χ0n) is 9.95. The zero-order valence-corrected chi connectivity index (χ0v) is 9.95. The van der Waals surface area contributed by atoms with E-state index >= 15 is 0 Å². The summed E-state index contributed by atoms with van der Waals surface area (Å²) in [5.41, 5.74) is 0.193. The summed E-state index contributed by atoms with van der Waals surface area (Å²) in [6, 6.07) is 0. The van der Waals surface area contributed by atoms with Gasteiger partial charge >= 0.3 is 0 Å². The molecule has 0 aromatic rings. The number of likely N-dealkylation sites (tertiary alicyclic amines) is 1. The fourth-order valence-corrected chi connectivity index (χ4v) is 2.12. The average Bonchev–Trinajstić information content (AvgIpc) is 2.17. The molecule has 0 radical (unpaired) electrons. The molecule has 1 aliphatic heterocycles. The van der Waals surface area contributed by atoms with Gasteiger partial charge in [0.25, 0.3) is 0 Å². The number of hydrogen-bond acceptors (Lipinski definition) is 3. The monoisotopic (exact) mass is 211 g/mol. The smallest absolute Gasteiger partial charge is 0.143 e. The highest BCUT2D eigenvalue weighted by Crippen LogP contribution is 2.24. The maximum Gasteiger partial charge on any atom is 0.143 e. The van der Waals surface area contributed by atoms with Gasteiger partial charge in [0.05, 0.1) is 6.42 Å². The quantitative estimate of drug-likeness (QED) is 0.526. The lowest BCUT2D eigenvalue weighted by atomic mass is 9.89. The molecule has 0 N–H and O–H groups in total. The largest absolute Gasteiger partial charge is 0.303 e. The molecule has 3 nitrogen and oxygen atoms in total. The lowest BCUT2D eigenvalue weighted by Gasteiger charge is -2.40. The third-order valence-corrected chi connectivity index (χ3v) is 3.18. The Balaban J connectivity index is 2.42. The van der Waals surface area contributed by atoms with Crippen molar-refractivity contribution < 1.29 is 9.59 Å². The highest BCUT2D eigenvalue weighted by molar-refractivity contribution is 5.91. The predicted octanol–water partition coefficient (Wildman–Crippen LogP) is 1.66. The Morgan fingerprint density at radius 3 is 2.27 bits per heavy atom. The highest BCUT2D eigenvalue weighted by Gasteiger charge is 2.29. The second kappa shape index (κ2) is 4.88. The SMILES string of the molecule is CC(C)(C)N1CCC(C(=O)CC=O)CC1. The molecule has 1 heterocycles. The summed E-state index contributed by atoms with van der Waals surface area (Å²) in [6.45, 7) is 8.53. The molecule has 0 unspecified atom stereocenters. The second-order valence-corrected chi connectivity index (χ2v) is 5.27. The van der Waals surface area contributed by atoms with Crippen molar-refractivity contribution in [1.29, 1.82) is 0 Å². The van der Waals surface area contributed by atoms with E-state index in [1.807, 2.05) is 0 Å². The molecule has 0 atom stereocenters. The molecule has 1 saturated heterocycles. The molecule has 0 spiro atoms. The number of carbonyl (C=O) groups is 2. The number of rotatable bonds is 3. The van der Waals surface area contributed by atoms with Gasteiger partial charge in [-0.2, -0.15) is 0 Å². The Morgan fingerprint density at radius 2 is 1.87 bits per heavy atom. The van der Waals surface area contributed by atoms with Gasteiger partial charge in [-0.05, 0) is 46.7 Å². The third kappa shape index (κ3) is 3.42. The van der Waals surface area contributed by atoms with E-state index in [1.54, 1.807) is 0 Å². The topological polar surface area (TPSA) is 37.4 Å². The Labute approximate surface area is 91.8 Å². The molecule has 15 heavy (non-hydrogen) atoms. The molecular formula is C12H21NO2. The van der Waals surface area contributed by atoms with Crippen molar-refractivity contribution in [3.05, 3.63) is 0 Å². The van der Waals surface area contributed by atoms with Crippen LogP contribution < -0.4 is 0 Å². The van der Waals surface area contributed by atoms with Crippen LogP contribution in [0, 0.1) is 5.92 Å². The maximum absolute atomic E-state index is 11.5. The molecule has 3 heteroatoms. The van der Waals surface area contributed by atoms with Crippen LogP contribution in [0.2, 0.25) is 0 Å². The Kier molecular flexibility index (Phi) is 4.03. The van der Waals surface area contributed by atoms with Crippen molar-refractivity contribution >= 4 is 12.1 Å². The average molecular weight is 211 g/mol. The van der Waals surface area contributed by atoms with E-state index in [0.717, 1.165) is 32.2 Å². The van der Waals surface area contributed by atoms with Gasteiger partial charge in [0, 0.05) is 11.5 Å². The van der Waals surface area contributed by atoms with Crippen LogP contribution in [0.5, 0.6) is 0 Å². The van der Waals surface area contributed by atoms with Crippen LogP contribution in [0.4, 0.5) is 0 Å². The normalized spacial score (nSPS) is 20.2. The Bertz CT molecular complexity index is 234. The number of carbonyl (C=O) groups excluding carboxylic acids is 2. The molecule has 0 saturated carbocycles. The van der Waals surface area contributed by atoms with Gasteiger partial charge < -0.3 is 4.79 Å². The van der Waals surface area contributed by atoms with Crippen LogP contribution in [0.3, 0.4) is 0 Å². The summed E-state index contributed by atoms with van der Waals surface area (Å²) < 4.78 is 0. The van der Waals surface area contributed by atoms with E-state index in [2.05, 4.69) is 25.7 Å². The van der Waals surface area contributed by atoms with Gasteiger partial charge in [-0.1, -0.05) is 0 Å².